The van der Waals surface area contributed by atoms with Gasteiger partial charge in [0.25, 0.3) is 0 Å². The maximum atomic E-state index is 11.5. The van der Waals surface area contributed by atoms with Crippen molar-refractivity contribution in [2.24, 2.45) is 5.14 Å². The van der Waals surface area contributed by atoms with E-state index in [1.54, 1.807) is 0 Å². The molecule has 9 heteroatoms. The van der Waals surface area contributed by atoms with Gasteiger partial charge in [-0.1, -0.05) is 12.1 Å². The first kappa shape index (κ1) is 17.4. The monoisotopic (exact) mass is 333 g/mol. The highest BCUT2D eigenvalue weighted by Crippen LogP contribution is 2.08. The molecule has 1 aromatic carbocycles. The molecule has 0 unspecified atom stereocenters. The zero-order valence-electron chi connectivity index (χ0n) is 11.1. The Labute approximate surface area is 127 Å². The molecule has 4 N–H and O–H groups in total. The Balaban J connectivity index is 2.48. The number of halogens is 1. The summed E-state index contributed by atoms with van der Waals surface area (Å²) in [6.07, 6.45) is 0.579. The third-order valence-electron chi connectivity index (χ3n) is 2.51. The van der Waals surface area contributed by atoms with Gasteiger partial charge < -0.3 is 10.6 Å². The highest BCUT2D eigenvalue weighted by Gasteiger charge is 2.12. The number of nitrogens with two attached hydrogens (primary N) is 1. The van der Waals surface area contributed by atoms with Gasteiger partial charge >= 0.3 is 11.8 Å². The molecule has 0 bridgehead atoms. The molecule has 0 aromatic heterocycles. The summed E-state index contributed by atoms with van der Waals surface area (Å²) in [5.74, 6) is -1.10. The summed E-state index contributed by atoms with van der Waals surface area (Å²) in [7, 11) is -3.74. The van der Waals surface area contributed by atoms with Crippen molar-refractivity contribution < 1.29 is 18.0 Å². The molecule has 0 saturated heterocycles. The van der Waals surface area contributed by atoms with Crippen molar-refractivity contribution in [1.82, 2.24) is 10.6 Å². The van der Waals surface area contributed by atoms with Crippen LogP contribution in [0.25, 0.3) is 0 Å². The molecule has 1 aromatic rings. The lowest BCUT2D eigenvalue weighted by atomic mass is 10.2. The lowest BCUT2D eigenvalue weighted by Gasteiger charge is -2.06. The normalized spacial score (nSPS) is 11.0. The van der Waals surface area contributed by atoms with Gasteiger partial charge in [0.1, 0.15) is 0 Å². The Morgan fingerprint density at radius 1 is 1.10 bits per heavy atom. The summed E-state index contributed by atoms with van der Waals surface area (Å²) in [6, 6.07) is 5.67. The fourth-order valence-corrected chi connectivity index (χ4v) is 2.06. The number of carbonyl (C=O) groups excluding carboxylic acids is 2. The topological polar surface area (TPSA) is 118 Å². The van der Waals surface area contributed by atoms with Crippen molar-refractivity contribution in [1.29, 1.82) is 0 Å². The van der Waals surface area contributed by atoms with E-state index in [4.69, 9.17) is 16.7 Å². The molecule has 7 nitrogen and oxygen atoms in total. The Morgan fingerprint density at radius 3 is 2.19 bits per heavy atom. The van der Waals surface area contributed by atoms with E-state index in [2.05, 4.69) is 10.6 Å². The Kier molecular flexibility index (Phi) is 6.60. The molecule has 0 aliphatic rings. The van der Waals surface area contributed by atoms with Crippen molar-refractivity contribution in [2.45, 2.75) is 17.9 Å². The third kappa shape index (κ3) is 6.11. The molecule has 0 spiro atoms. The highest BCUT2D eigenvalue weighted by atomic mass is 35.5. The first-order valence-corrected chi connectivity index (χ1v) is 8.16. The lowest BCUT2D eigenvalue weighted by Crippen LogP contribution is -2.40. The number of nitrogens with one attached hydrogen (secondary N) is 2. The number of benzene rings is 1. The predicted molar refractivity (Wildman–Crippen MR) is 78.0 cm³/mol. The van der Waals surface area contributed by atoms with Crippen LogP contribution in [0.2, 0.25) is 0 Å². The lowest BCUT2D eigenvalue weighted by molar-refractivity contribution is -0.139. The number of rotatable bonds is 6. The van der Waals surface area contributed by atoms with Gasteiger partial charge in [-0.3, -0.25) is 9.59 Å². The van der Waals surface area contributed by atoms with Gasteiger partial charge in [-0.15, -0.1) is 11.6 Å². The summed E-state index contributed by atoms with van der Waals surface area (Å²) in [6.45, 7) is 0.436. The number of alkyl halides is 1. The number of sulfonamides is 1. The van der Waals surface area contributed by atoms with Gasteiger partial charge in [-0.25, -0.2) is 13.6 Å². The van der Waals surface area contributed by atoms with Crippen LogP contribution in [-0.2, 0) is 26.2 Å². The fourth-order valence-electron chi connectivity index (χ4n) is 1.41. The summed E-state index contributed by atoms with van der Waals surface area (Å²) in [5, 5.41) is 9.80. The van der Waals surface area contributed by atoms with Gasteiger partial charge in [-0.05, 0) is 24.1 Å². The summed E-state index contributed by atoms with van der Waals surface area (Å²) in [5.41, 5.74) is 0.643. The van der Waals surface area contributed by atoms with Gasteiger partial charge in [-0.2, -0.15) is 0 Å². The molecule has 0 radical (unpaired) electrons. The number of hydrogen-bond acceptors (Lipinski definition) is 4. The summed E-state index contributed by atoms with van der Waals surface area (Å²) >= 11 is 5.45. The van der Waals surface area contributed by atoms with Crippen LogP contribution in [-0.4, -0.2) is 32.7 Å². The average molecular weight is 334 g/mol. The largest absolute Gasteiger partial charge is 0.348 e. The smallest absolute Gasteiger partial charge is 0.309 e. The predicted octanol–water partition coefficient (Wildman–Crippen LogP) is -0.305. The van der Waals surface area contributed by atoms with E-state index < -0.39 is 21.8 Å². The molecule has 21 heavy (non-hydrogen) atoms. The molecule has 0 saturated carbocycles. The first-order valence-electron chi connectivity index (χ1n) is 6.08. The van der Waals surface area contributed by atoms with Crippen LogP contribution in [0.5, 0.6) is 0 Å². The Morgan fingerprint density at radius 2 is 1.67 bits per heavy atom. The van der Waals surface area contributed by atoms with Crippen LogP contribution < -0.4 is 15.8 Å². The van der Waals surface area contributed by atoms with Crippen LogP contribution in [0.15, 0.2) is 29.2 Å². The van der Waals surface area contributed by atoms with E-state index in [1.807, 2.05) is 0 Å². The van der Waals surface area contributed by atoms with Gasteiger partial charge in [0.05, 0.1) is 4.90 Å². The maximum absolute atomic E-state index is 11.5. The minimum atomic E-state index is -3.74. The van der Waals surface area contributed by atoms with E-state index in [9.17, 15) is 18.0 Å². The average Bonchev–Trinajstić information content (AvgIpc) is 2.44. The third-order valence-corrected chi connectivity index (χ3v) is 3.70. The van der Waals surface area contributed by atoms with Crippen LogP contribution in [0.3, 0.4) is 0 Å². The Bertz CT molecular complexity index is 601. The van der Waals surface area contributed by atoms with E-state index in [1.165, 1.54) is 24.3 Å². The van der Waals surface area contributed by atoms with Gasteiger partial charge in [0.2, 0.25) is 10.0 Å². The minimum Gasteiger partial charge on any atom is -0.348 e. The van der Waals surface area contributed by atoms with Crippen molar-refractivity contribution >= 4 is 33.4 Å². The first-order chi connectivity index (χ1) is 9.84. The highest BCUT2D eigenvalue weighted by molar-refractivity contribution is 7.89. The molecule has 116 valence electrons. The second kappa shape index (κ2) is 7.96. The number of hydrogen-bond donors (Lipinski definition) is 3. The minimum absolute atomic E-state index is 0.0172. The van der Waals surface area contributed by atoms with Crippen molar-refractivity contribution in [3.8, 4) is 0 Å². The molecule has 1 rings (SSSR count). The van der Waals surface area contributed by atoms with Gasteiger partial charge in [0, 0.05) is 19.0 Å². The van der Waals surface area contributed by atoms with E-state index in [0.29, 0.717) is 24.4 Å². The van der Waals surface area contributed by atoms with Crippen molar-refractivity contribution in [3.63, 3.8) is 0 Å². The number of primary sulfonamides is 1. The zero-order valence-corrected chi connectivity index (χ0v) is 12.7. The molecule has 0 heterocycles. The second-order valence-electron chi connectivity index (χ2n) is 4.17. The van der Waals surface area contributed by atoms with E-state index >= 15 is 0 Å². The molecule has 2 amide bonds. The SMILES string of the molecule is NS(=O)(=O)c1ccc(CNC(=O)C(=O)NCCCCl)cc1. The molecule has 0 fully saturated rings. The molecular weight excluding hydrogens is 318 g/mol. The molecule has 0 aliphatic heterocycles. The van der Waals surface area contributed by atoms with Gasteiger partial charge in [0.15, 0.2) is 0 Å². The fraction of sp³-hybridized carbons (Fsp3) is 0.333. The maximum Gasteiger partial charge on any atom is 0.309 e. The van der Waals surface area contributed by atoms with Crippen LogP contribution in [0, 0.1) is 0 Å². The van der Waals surface area contributed by atoms with E-state index in [-0.39, 0.29) is 11.4 Å². The molecule has 0 aliphatic carbocycles. The molecule has 0 atom stereocenters. The Hall–Kier alpha value is -1.64. The summed E-state index contributed by atoms with van der Waals surface area (Å²) < 4.78 is 22.1. The summed E-state index contributed by atoms with van der Waals surface area (Å²) in [4.78, 5) is 22.8. The van der Waals surface area contributed by atoms with Crippen molar-refractivity contribution in [2.75, 3.05) is 12.4 Å². The standard InChI is InChI=1S/C12H16ClN3O4S/c13-6-1-7-15-11(17)12(18)16-8-9-2-4-10(5-3-9)21(14,19)20/h2-5H,1,6-8H2,(H,15,17)(H,16,18)(H2,14,19,20). The quantitative estimate of drug-likeness (QED) is 0.376. The second-order valence-corrected chi connectivity index (χ2v) is 6.11. The van der Waals surface area contributed by atoms with Crippen LogP contribution in [0.4, 0.5) is 0 Å². The number of amides is 2. The van der Waals surface area contributed by atoms with Crippen LogP contribution in [0.1, 0.15) is 12.0 Å². The number of carbonyl (C=O) groups is 2. The van der Waals surface area contributed by atoms with E-state index in [0.717, 1.165) is 0 Å². The zero-order chi connectivity index (χ0) is 15.9. The molecular formula is C12H16ClN3O4S. The van der Waals surface area contributed by atoms with Crippen LogP contribution >= 0.6 is 11.6 Å². The van der Waals surface area contributed by atoms with Crippen molar-refractivity contribution in [3.05, 3.63) is 29.8 Å².